The Morgan fingerprint density at radius 1 is 0.515 bits per heavy atom. The smallest absolute Gasteiger partial charge is 0.220 e. The van der Waals surface area contributed by atoms with E-state index in [1.807, 2.05) is 6.08 Å². The molecular weight excluding hydrogens is 891 g/mol. The minimum atomic E-state index is -1.98. The third-order valence-corrected chi connectivity index (χ3v) is 12.7. The summed E-state index contributed by atoms with van der Waals surface area (Å²) >= 11 is 0. The van der Waals surface area contributed by atoms with E-state index in [4.69, 9.17) is 28.4 Å². The molecule has 0 radical (unpaired) electrons. The molecular formula is C49H87NO18. The summed E-state index contributed by atoms with van der Waals surface area (Å²) in [5.41, 5.74) is 0. The van der Waals surface area contributed by atoms with Crippen molar-refractivity contribution >= 4 is 5.91 Å². The lowest BCUT2D eigenvalue weighted by atomic mass is 9.96. The fourth-order valence-electron chi connectivity index (χ4n) is 8.40. The summed E-state index contributed by atoms with van der Waals surface area (Å²) in [7, 11) is 0. The predicted molar refractivity (Wildman–Crippen MR) is 249 cm³/mol. The number of hydrogen-bond acceptors (Lipinski definition) is 18. The molecule has 0 aromatic heterocycles. The highest BCUT2D eigenvalue weighted by Gasteiger charge is 2.53. The summed E-state index contributed by atoms with van der Waals surface area (Å²) in [6, 6.07) is -0.988. The lowest BCUT2D eigenvalue weighted by Gasteiger charge is -2.48. The molecule has 1 amide bonds. The van der Waals surface area contributed by atoms with E-state index in [2.05, 4.69) is 43.5 Å². The maximum absolute atomic E-state index is 13.0. The lowest BCUT2D eigenvalue weighted by Crippen LogP contribution is -2.66. The van der Waals surface area contributed by atoms with Crippen LogP contribution in [0.3, 0.4) is 0 Å². The van der Waals surface area contributed by atoms with Crippen LogP contribution < -0.4 is 5.32 Å². The molecule has 17 unspecified atom stereocenters. The molecule has 3 fully saturated rings. The Labute approximate surface area is 402 Å². The van der Waals surface area contributed by atoms with E-state index in [1.165, 1.54) is 51.4 Å². The lowest BCUT2D eigenvalue weighted by molar-refractivity contribution is -0.379. The van der Waals surface area contributed by atoms with Crippen molar-refractivity contribution in [2.24, 2.45) is 0 Å². The molecule has 3 saturated heterocycles. The van der Waals surface area contributed by atoms with Gasteiger partial charge in [0, 0.05) is 6.42 Å². The number of rotatable bonds is 34. The molecule has 3 aliphatic heterocycles. The van der Waals surface area contributed by atoms with Crippen LogP contribution in [0.5, 0.6) is 0 Å². The number of carbonyl (C=O) groups is 1. The van der Waals surface area contributed by atoms with Crippen molar-refractivity contribution in [1.29, 1.82) is 0 Å². The summed E-state index contributed by atoms with van der Waals surface area (Å²) in [6.07, 6.45) is 5.04. The van der Waals surface area contributed by atoms with Gasteiger partial charge in [0.05, 0.1) is 38.6 Å². The van der Waals surface area contributed by atoms with Crippen LogP contribution >= 0.6 is 0 Å². The normalized spacial score (nSPS) is 33.5. The van der Waals surface area contributed by atoms with E-state index in [-0.39, 0.29) is 18.9 Å². The van der Waals surface area contributed by atoms with Crippen LogP contribution in [0.25, 0.3) is 0 Å². The van der Waals surface area contributed by atoms with Crippen molar-refractivity contribution < 1.29 is 89.4 Å². The second-order valence-electron chi connectivity index (χ2n) is 18.3. The monoisotopic (exact) mass is 978 g/mol. The van der Waals surface area contributed by atoms with Gasteiger partial charge >= 0.3 is 0 Å². The Bertz CT molecular complexity index is 1400. The zero-order valence-corrected chi connectivity index (χ0v) is 40.3. The number of unbranched alkanes of at least 4 members (excludes halogenated alkanes) is 14. The van der Waals surface area contributed by atoms with Gasteiger partial charge in [-0.15, -0.1) is 0 Å². The first-order chi connectivity index (χ1) is 32.8. The van der Waals surface area contributed by atoms with Gasteiger partial charge in [-0.2, -0.15) is 0 Å². The quantitative estimate of drug-likeness (QED) is 0.0321. The number of allylic oxidation sites excluding steroid dienone is 5. The molecule has 17 atom stereocenters. The number of nitrogens with one attached hydrogen (secondary N) is 1. The van der Waals surface area contributed by atoms with Crippen molar-refractivity contribution in [2.75, 3.05) is 26.4 Å². The number of carbonyl (C=O) groups excluding carboxylic acids is 1. The molecule has 19 nitrogen and oxygen atoms in total. The molecule has 0 spiro atoms. The zero-order chi connectivity index (χ0) is 49.8. The van der Waals surface area contributed by atoms with Crippen molar-refractivity contribution in [2.45, 2.75) is 240 Å². The predicted octanol–water partition coefficient (Wildman–Crippen LogP) is 1.42. The molecule has 0 aromatic rings. The van der Waals surface area contributed by atoms with Crippen molar-refractivity contribution in [3.8, 4) is 0 Å². The van der Waals surface area contributed by atoms with Crippen LogP contribution in [-0.4, -0.2) is 193 Å². The van der Waals surface area contributed by atoms with E-state index < -0.39 is 124 Å². The third kappa shape index (κ3) is 20.3. The second-order valence-corrected chi connectivity index (χ2v) is 18.3. The van der Waals surface area contributed by atoms with E-state index in [9.17, 15) is 61.0 Å². The minimum absolute atomic E-state index is 0.226. The fourth-order valence-corrected chi connectivity index (χ4v) is 8.40. The van der Waals surface area contributed by atoms with Crippen molar-refractivity contribution in [3.05, 3.63) is 36.5 Å². The summed E-state index contributed by atoms with van der Waals surface area (Å²) < 4.78 is 33.9. The van der Waals surface area contributed by atoms with Crippen molar-refractivity contribution in [3.63, 3.8) is 0 Å². The molecule has 0 aromatic carbocycles. The second kappa shape index (κ2) is 34.4. The Morgan fingerprint density at radius 3 is 1.47 bits per heavy atom. The van der Waals surface area contributed by atoms with Crippen LogP contribution in [0.4, 0.5) is 0 Å². The van der Waals surface area contributed by atoms with Gasteiger partial charge in [0.15, 0.2) is 18.9 Å². The fraction of sp³-hybridized carbons (Fsp3) is 0.857. The largest absolute Gasteiger partial charge is 0.394 e. The minimum Gasteiger partial charge on any atom is -0.394 e. The third-order valence-electron chi connectivity index (χ3n) is 12.7. The molecule has 3 heterocycles. The Morgan fingerprint density at radius 2 is 0.941 bits per heavy atom. The Kier molecular flexibility index (Phi) is 30.5. The first-order valence-corrected chi connectivity index (χ1v) is 25.2. The average Bonchev–Trinajstić information content (AvgIpc) is 3.33. The van der Waals surface area contributed by atoms with Gasteiger partial charge in [-0.1, -0.05) is 121 Å². The number of hydrogen-bond donors (Lipinski definition) is 12. The van der Waals surface area contributed by atoms with Gasteiger partial charge in [0.2, 0.25) is 5.91 Å². The van der Waals surface area contributed by atoms with Gasteiger partial charge in [0.25, 0.3) is 0 Å². The topological polar surface area (TPSA) is 307 Å². The molecule has 3 aliphatic rings. The SMILES string of the molecule is CCCCCCCCCC/C=C/CC/C=C/CC/C=C/C(O)C(COC1OC(CO)C(OC2OC(CO)C(OC3OC(CO)C(O)C(O)C3O)C(O)C2O)C(O)C1O)NC(=O)CCCCCCC. The van der Waals surface area contributed by atoms with Crippen LogP contribution in [0.15, 0.2) is 36.5 Å². The Balaban J connectivity index is 1.54. The highest BCUT2D eigenvalue weighted by molar-refractivity contribution is 5.76. The molecule has 0 aliphatic carbocycles. The maximum atomic E-state index is 13.0. The number of amides is 1. The molecule has 19 heteroatoms. The van der Waals surface area contributed by atoms with Gasteiger partial charge in [0.1, 0.15) is 73.2 Å². The van der Waals surface area contributed by atoms with Gasteiger partial charge in [-0.25, -0.2) is 0 Å². The van der Waals surface area contributed by atoms with Crippen LogP contribution in [0.2, 0.25) is 0 Å². The molecule has 3 rings (SSSR count). The van der Waals surface area contributed by atoms with E-state index in [1.54, 1.807) is 6.08 Å². The molecule has 68 heavy (non-hydrogen) atoms. The molecule has 0 bridgehead atoms. The van der Waals surface area contributed by atoms with E-state index in [0.717, 1.165) is 51.4 Å². The average molecular weight is 978 g/mol. The summed E-state index contributed by atoms with van der Waals surface area (Å²) in [6.45, 7) is 1.54. The summed E-state index contributed by atoms with van der Waals surface area (Å²) in [5.74, 6) is -0.306. The highest BCUT2D eigenvalue weighted by atomic mass is 16.8. The van der Waals surface area contributed by atoms with Gasteiger partial charge in [-0.05, 0) is 44.9 Å². The number of ether oxygens (including phenoxy) is 6. The summed E-state index contributed by atoms with van der Waals surface area (Å²) in [4.78, 5) is 13.0. The van der Waals surface area contributed by atoms with Crippen LogP contribution in [0.1, 0.15) is 136 Å². The van der Waals surface area contributed by atoms with Crippen LogP contribution in [0, 0.1) is 0 Å². The van der Waals surface area contributed by atoms with Gasteiger partial charge < -0.3 is 89.9 Å². The summed E-state index contributed by atoms with van der Waals surface area (Å²) in [5, 5.41) is 119. The highest BCUT2D eigenvalue weighted by Crippen LogP contribution is 2.33. The zero-order valence-electron chi connectivity index (χ0n) is 40.3. The standard InChI is InChI=1S/C49H87NO18/c1-3-5-7-9-10-11-12-13-14-15-16-17-18-19-20-21-23-24-26-33(54)32(50-37(55)27-25-22-8-6-4-2)31-63-47-43(61)40(58)45(35(29-52)65-47)68-49-44(62)41(59)46(36(30-53)66-49)67-48-42(60)39(57)38(56)34(28-51)64-48/h15-16,19-20,24,26,32-36,38-49,51-54,56-62H,3-14,17-18,21-23,25,27-31H2,1-2H3,(H,50,55)/b16-15+,20-19+,26-24+. The van der Waals surface area contributed by atoms with Crippen LogP contribution in [-0.2, 0) is 33.2 Å². The molecule has 396 valence electrons. The molecule has 12 N–H and O–H groups in total. The molecule has 0 saturated carbocycles. The van der Waals surface area contributed by atoms with E-state index in [0.29, 0.717) is 12.8 Å². The first kappa shape index (κ1) is 60.3. The Hall–Kier alpha value is -1.99. The van der Waals surface area contributed by atoms with Crippen molar-refractivity contribution in [1.82, 2.24) is 5.32 Å². The van der Waals surface area contributed by atoms with E-state index >= 15 is 0 Å². The number of aliphatic hydroxyl groups excluding tert-OH is 11. The number of aliphatic hydroxyl groups is 11. The van der Waals surface area contributed by atoms with Gasteiger partial charge in [-0.3, -0.25) is 4.79 Å². The maximum Gasteiger partial charge on any atom is 0.220 e. The first-order valence-electron chi connectivity index (χ1n) is 25.2.